The first-order chi connectivity index (χ1) is 11.8. The van der Waals surface area contributed by atoms with E-state index in [4.69, 9.17) is 0 Å². The second-order valence-electron chi connectivity index (χ2n) is 7.53. The number of hydrogen-bond acceptors (Lipinski definition) is 3. The molecule has 2 aromatic rings. The molecular weight excluding hydrogens is 332 g/mol. The quantitative estimate of drug-likeness (QED) is 0.794. The second kappa shape index (κ2) is 6.94. The fraction of sp³-hybridized carbons (Fsp3) is 0.550. The van der Waals surface area contributed by atoms with Gasteiger partial charge in [-0.05, 0) is 69.2 Å². The molecule has 0 spiro atoms. The van der Waals surface area contributed by atoms with Gasteiger partial charge in [0.05, 0.1) is 16.7 Å². The first kappa shape index (κ1) is 18.2. The summed E-state index contributed by atoms with van der Waals surface area (Å²) in [7, 11) is -2.98. The Morgan fingerprint density at radius 3 is 2.60 bits per heavy atom. The summed E-state index contributed by atoms with van der Waals surface area (Å²) in [4.78, 5) is 0. The number of rotatable bonds is 6. The van der Waals surface area contributed by atoms with Crippen LogP contribution in [0.2, 0.25) is 0 Å². The number of aryl methyl sites for hydroxylation is 2. The predicted octanol–water partition coefficient (Wildman–Crippen LogP) is 3.34. The van der Waals surface area contributed by atoms with E-state index in [0.717, 1.165) is 31.5 Å². The molecule has 0 N–H and O–H groups in total. The molecule has 0 fully saturated rings. The third-order valence-corrected chi connectivity index (χ3v) is 7.52. The molecular formula is C20H28N2O2S. The van der Waals surface area contributed by atoms with Crippen molar-refractivity contribution in [2.24, 2.45) is 5.92 Å². The zero-order chi connectivity index (χ0) is 18.2. The monoisotopic (exact) mass is 360 g/mol. The molecule has 0 bridgehead atoms. The maximum atomic E-state index is 12.2. The number of fused-ring (bicyclic) bond motifs is 1. The van der Waals surface area contributed by atoms with Crippen molar-refractivity contribution in [3.63, 3.8) is 0 Å². The lowest BCUT2D eigenvalue weighted by Crippen LogP contribution is -2.23. The smallest absolute Gasteiger partial charge is 0.152 e. The number of sulfone groups is 1. The number of hydrogen-bond donors (Lipinski definition) is 0. The molecule has 0 unspecified atom stereocenters. The van der Waals surface area contributed by atoms with Gasteiger partial charge in [0, 0.05) is 18.7 Å². The maximum absolute atomic E-state index is 12.2. The maximum Gasteiger partial charge on any atom is 0.152 e. The molecule has 5 heteroatoms. The van der Waals surface area contributed by atoms with Crippen LogP contribution in [0.3, 0.4) is 0 Å². The number of aromatic nitrogens is 2. The molecule has 3 rings (SSSR count). The van der Waals surface area contributed by atoms with Crippen LogP contribution in [0.25, 0.3) is 0 Å². The van der Waals surface area contributed by atoms with Gasteiger partial charge in [0.25, 0.3) is 0 Å². The molecule has 0 radical (unpaired) electrons. The average Bonchev–Trinajstić information content (AvgIpc) is 3.08. The van der Waals surface area contributed by atoms with E-state index in [1.807, 2.05) is 6.92 Å². The number of benzene rings is 1. The van der Waals surface area contributed by atoms with Gasteiger partial charge in [-0.15, -0.1) is 0 Å². The van der Waals surface area contributed by atoms with Crippen molar-refractivity contribution < 1.29 is 8.42 Å². The minimum absolute atomic E-state index is 0.223. The minimum atomic E-state index is -2.98. The van der Waals surface area contributed by atoms with E-state index >= 15 is 0 Å². The van der Waals surface area contributed by atoms with E-state index in [1.54, 1.807) is 13.8 Å². The van der Waals surface area contributed by atoms with Crippen LogP contribution in [0, 0.1) is 12.8 Å². The Hall–Kier alpha value is -1.62. The molecule has 1 aliphatic carbocycles. The summed E-state index contributed by atoms with van der Waals surface area (Å²) < 4.78 is 26.5. The van der Waals surface area contributed by atoms with Gasteiger partial charge in [-0.3, -0.25) is 4.68 Å². The first-order valence-corrected chi connectivity index (χ1v) is 10.9. The van der Waals surface area contributed by atoms with Crippen molar-refractivity contribution in [1.29, 1.82) is 0 Å². The van der Waals surface area contributed by atoms with E-state index < -0.39 is 9.84 Å². The predicted molar refractivity (Wildman–Crippen MR) is 102 cm³/mol. The van der Waals surface area contributed by atoms with Crippen LogP contribution in [0.1, 0.15) is 48.8 Å². The van der Waals surface area contributed by atoms with E-state index in [-0.39, 0.29) is 11.2 Å². The van der Waals surface area contributed by atoms with Gasteiger partial charge in [-0.1, -0.05) is 18.2 Å². The van der Waals surface area contributed by atoms with Gasteiger partial charge >= 0.3 is 0 Å². The van der Waals surface area contributed by atoms with Gasteiger partial charge in [0.2, 0.25) is 0 Å². The highest BCUT2D eigenvalue weighted by Crippen LogP contribution is 2.30. The van der Waals surface area contributed by atoms with Crippen molar-refractivity contribution in [2.45, 2.75) is 58.8 Å². The van der Waals surface area contributed by atoms with Crippen LogP contribution in [-0.4, -0.2) is 29.2 Å². The normalized spacial score (nSPS) is 17.2. The lowest BCUT2D eigenvalue weighted by molar-refractivity contribution is 0.557. The van der Waals surface area contributed by atoms with Crippen molar-refractivity contribution >= 4 is 9.84 Å². The highest BCUT2D eigenvalue weighted by Gasteiger charge is 2.28. The standard InChI is InChI=1S/C20H28N2O2S/c1-5-22-20(8-15(4)21-22)12-16-6-7-18-10-17(11-19(18)9-16)13-25(23,24)14(2)3/h6-9,14,17H,5,10-13H2,1-4H3/t17-/m0/s1. The molecule has 25 heavy (non-hydrogen) atoms. The zero-order valence-electron chi connectivity index (χ0n) is 15.6. The van der Waals surface area contributed by atoms with Gasteiger partial charge in [0.1, 0.15) is 0 Å². The fourth-order valence-electron chi connectivity index (χ4n) is 3.74. The highest BCUT2D eigenvalue weighted by atomic mass is 32.2. The summed E-state index contributed by atoms with van der Waals surface area (Å²) in [6.45, 7) is 8.56. The fourth-order valence-corrected chi connectivity index (χ4v) is 5.01. The van der Waals surface area contributed by atoms with Crippen LogP contribution in [-0.2, 0) is 35.6 Å². The Balaban J connectivity index is 1.74. The Kier molecular flexibility index (Phi) is 5.05. The summed E-state index contributed by atoms with van der Waals surface area (Å²) in [5, 5.41) is 4.23. The van der Waals surface area contributed by atoms with Gasteiger partial charge in [0.15, 0.2) is 9.84 Å². The molecule has 1 aromatic heterocycles. The van der Waals surface area contributed by atoms with Crippen molar-refractivity contribution in [3.8, 4) is 0 Å². The van der Waals surface area contributed by atoms with Crippen LogP contribution >= 0.6 is 0 Å². The molecule has 1 aromatic carbocycles. The lowest BCUT2D eigenvalue weighted by atomic mass is 10.0. The van der Waals surface area contributed by atoms with Crippen molar-refractivity contribution in [2.75, 3.05) is 5.75 Å². The first-order valence-electron chi connectivity index (χ1n) is 9.14. The molecule has 0 saturated carbocycles. The van der Waals surface area contributed by atoms with Crippen LogP contribution in [0.15, 0.2) is 24.3 Å². The summed E-state index contributed by atoms with van der Waals surface area (Å²) >= 11 is 0. The highest BCUT2D eigenvalue weighted by molar-refractivity contribution is 7.91. The van der Waals surface area contributed by atoms with Gasteiger partial charge in [-0.25, -0.2) is 8.42 Å². The van der Waals surface area contributed by atoms with Crippen molar-refractivity contribution in [3.05, 3.63) is 52.3 Å². The summed E-state index contributed by atoms with van der Waals surface area (Å²) in [5.41, 5.74) is 6.20. The Labute approximate surface area is 151 Å². The SMILES string of the molecule is CCn1nc(C)cc1Cc1ccc2c(c1)C[C@@H](CS(=O)(=O)C(C)C)C2. The Bertz CT molecular complexity index is 866. The van der Waals surface area contributed by atoms with E-state index in [1.165, 1.54) is 22.4 Å². The topological polar surface area (TPSA) is 52.0 Å². The molecule has 1 aliphatic rings. The van der Waals surface area contributed by atoms with Crippen LogP contribution in [0.5, 0.6) is 0 Å². The molecule has 0 saturated heterocycles. The lowest BCUT2D eigenvalue weighted by Gasteiger charge is -2.12. The Morgan fingerprint density at radius 2 is 1.92 bits per heavy atom. The van der Waals surface area contributed by atoms with E-state index in [9.17, 15) is 8.42 Å². The molecule has 136 valence electrons. The second-order valence-corrected chi connectivity index (χ2v) is 10.1. The van der Waals surface area contributed by atoms with Crippen LogP contribution < -0.4 is 0 Å². The molecule has 1 heterocycles. The molecule has 4 nitrogen and oxygen atoms in total. The number of nitrogens with zero attached hydrogens (tertiary/aromatic N) is 2. The van der Waals surface area contributed by atoms with Crippen molar-refractivity contribution in [1.82, 2.24) is 9.78 Å². The van der Waals surface area contributed by atoms with E-state index in [2.05, 4.69) is 41.0 Å². The Morgan fingerprint density at radius 1 is 1.20 bits per heavy atom. The molecule has 0 amide bonds. The largest absolute Gasteiger partial charge is 0.269 e. The summed E-state index contributed by atoms with van der Waals surface area (Å²) in [6.07, 6.45) is 2.63. The third kappa shape index (κ3) is 3.97. The average molecular weight is 361 g/mol. The molecule has 0 aliphatic heterocycles. The minimum Gasteiger partial charge on any atom is -0.269 e. The van der Waals surface area contributed by atoms with Gasteiger partial charge in [-0.2, -0.15) is 5.10 Å². The van der Waals surface area contributed by atoms with E-state index in [0.29, 0.717) is 5.75 Å². The molecule has 1 atom stereocenters. The zero-order valence-corrected chi connectivity index (χ0v) is 16.4. The third-order valence-electron chi connectivity index (χ3n) is 5.14. The van der Waals surface area contributed by atoms with Crippen LogP contribution in [0.4, 0.5) is 0 Å². The summed E-state index contributed by atoms with van der Waals surface area (Å²) in [5.74, 6) is 0.525. The van der Waals surface area contributed by atoms with Gasteiger partial charge < -0.3 is 0 Å². The summed E-state index contributed by atoms with van der Waals surface area (Å²) in [6, 6.07) is 8.78.